The number of benzene rings is 1. The van der Waals surface area contributed by atoms with Gasteiger partial charge in [-0.25, -0.2) is 14.6 Å². The Kier molecular flexibility index (Phi) is 4.83. The van der Waals surface area contributed by atoms with Crippen LogP contribution in [0.1, 0.15) is 28.0 Å². The van der Waals surface area contributed by atoms with Gasteiger partial charge in [-0.2, -0.15) is 5.10 Å². The van der Waals surface area contributed by atoms with Crippen molar-refractivity contribution in [2.75, 3.05) is 5.32 Å². The summed E-state index contributed by atoms with van der Waals surface area (Å²) in [7, 11) is 0. The number of nitrogens with zero attached hydrogens (tertiary/aromatic N) is 4. The number of aromatic nitrogens is 4. The normalized spacial score (nSPS) is 10.9. The number of carbonyl (C=O) groups is 1. The molecular formula is C19H17N5OS2. The Labute approximate surface area is 164 Å². The number of anilines is 1. The number of carbonyl (C=O) groups excluding carboxylic acids is 1. The van der Waals surface area contributed by atoms with Gasteiger partial charge in [-0.3, -0.25) is 10.1 Å². The Balaban J connectivity index is 1.51. The van der Waals surface area contributed by atoms with Gasteiger partial charge in [0.15, 0.2) is 5.13 Å². The molecule has 4 rings (SSSR count). The summed E-state index contributed by atoms with van der Waals surface area (Å²) >= 11 is 2.91. The van der Waals surface area contributed by atoms with Crippen LogP contribution in [0.4, 0.5) is 5.13 Å². The predicted molar refractivity (Wildman–Crippen MR) is 109 cm³/mol. The molecule has 0 unspecified atom stereocenters. The minimum absolute atomic E-state index is 0.246. The van der Waals surface area contributed by atoms with Crippen LogP contribution in [0.3, 0.4) is 0 Å². The molecular weight excluding hydrogens is 378 g/mol. The fourth-order valence-electron chi connectivity index (χ4n) is 2.64. The monoisotopic (exact) mass is 395 g/mol. The summed E-state index contributed by atoms with van der Waals surface area (Å²) in [5.74, 6) is -0.246. The molecule has 27 heavy (non-hydrogen) atoms. The van der Waals surface area contributed by atoms with E-state index >= 15 is 0 Å². The lowest BCUT2D eigenvalue weighted by Gasteiger charge is -1.98. The van der Waals surface area contributed by atoms with Crippen LogP contribution < -0.4 is 5.32 Å². The molecule has 6 nitrogen and oxygen atoms in total. The van der Waals surface area contributed by atoms with Crippen molar-refractivity contribution in [1.29, 1.82) is 0 Å². The van der Waals surface area contributed by atoms with Crippen molar-refractivity contribution in [2.24, 2.45) is 0 Å². The second kappa shape index (κ2) is 7.42. The van der Waals surface area contributed by atoms with Gasteiger partial charge in [0.1, 0.15) is 10.7 Å². The standard InChI is InChI=1S/C19H17N5OS2/c1-3-15-12(2)27-19(22-15)23-17(25)16-11-26-18(21-16)13-9-20-24(10-13)14-7-5-4-6-8-14/h4-11H,3H2,1-2H3,(H,22,23,25). The van der Waals surface area contributed by atoms with Crippen LogP contribution in [-0.2, 0) is 6.42 Å². The molecule has 0 saturated carbocycles. The van der Waals surface area contributed by atoms with Crippen molar-refractivity contribution < 1.29 is 4.79 Å². The van der Waals surface area contributed by atoms with Crippen molar-refractivity contribution in [2.45, 2.75) is 20.3 Å². The van der Waals surface area contributed by atoms with E-state index in [4.69, 9.17) is 0 Å². The summed E-state index contributed by atoms with van der Waals surface area (Å²) in [6.45, 7) is 4.06. The maximum absolute atomic E-state index is 12.5. The number of aryl methyl sites for hydroxylation is 2. The van der Waals surface area contributed by atoms with Gasteiger partial charge in [0.05, 0.1) is 17.6 Å². The van der Waals surface area contributed by atoms with E-state index in [9.17, 15) is 4.79 Å². The van der Waals surface area contributed by atoms with E-state index in [-0.39, 0.29) is 5.91 Å². The number of nitrogens with one attached hydrogen (secondary N) is 1. The highest BCUT2D eigenvalue weighted by atomic mass is 32.1. The maximum atomic E-state index is 12.5. The molecule has 0 atom stereocenters. The summed E-state index contributed by atoms with van der Waals surface area (Å²) in [5.41, 5.74) is 3.25. The van der Waals surface area contributed by atoms with E-state index < -0.39 is 0 Å². The number of hydrogen-bond acceptors (Lipinski definition) is 6. The average Bonchev–Trinajstić information content (AvgIpc) is 3.41. The summed E-state index contributed by atoms with van der Waals surface area (Å²) in [4.78, 5) is 22.5. The highest BCUT2D eigenvalue weighted by Gasteiger charge is 2.15. The highest BCUT2D eigenvalue weighted by molar-refractivity contribution is 7.16. The fourth-order valence-corrected chi connectivity index (χ4v) is 4.31. The number of thiazole rings is 2. The smallest absolute Gasteiger partial charge is 0.276 e. The number of rotatable bonds is 5. The van der Waals surface area contributed by atoms with Crippen LogP contribution in [0.5, 0.6) is 0 Å². The van der Waals surface area contributed by atoms with E-state index in [0.717, 1.165) is 33.3 Å². The van der Waals surface area contributed by atoms with Crippen LogP contribution in [0, 0.1) is 6.92 Å². The Bertz CT molecular complexity index is 1080. The third-order valence-electron chi connectivity index (χ3n) is 4.04. The van der Waals surface area contributed by atoms with Gasteiger partial charge in [0, 0.05) is 22.0 Å². The largest absolute Gasteiger partial charge is 0.296 e. The average molecular weight is 396 g/mol. The van der Waals surface area contributed by atoms with Gasteiger partial charge in [-0.05, 0) is 25.5 Å². The lowest BCUT2D eigenvalue weighted by Crippen LogP contribution is -2.12. The molecule has 0 aliphatic heterocycles. The van der Waals surface area contributed by atoms with Gasteiger partial charge < -0.3 is 0 Å². The predicted octanol–water partition coefficient (Wildman–Crippen LogP) is 4.58. The molecule has 0 radical (unpaired) electrons. The summed E-state index contributed by atoms with van der Waals surface area (Å²) < 4.78 is 1.79. The van der Waals surface area contributed by atoms with Gasteiger partial charge in [-0.1, -0.05) is 25.1 Å². The molecule has 3 heterocycles. The fraction of sp³-hybridized carbons (Fsp3) is 0.158. The van der Waals surface area contributed by atoms with Gasteiger partial charge >= 0.3 is 0 Å². The van der Waals surface area contributed by atoms with Gasteiger partial charge in [0.25, 0.3) is 5.91 Å². The zero-order chi connectivity index (χ0) is 18.8. The second-order valence-corrected chi connectivity index (χ2v) is 7.94. The molecule has 8 heteroatoms. The van der Waals surface area contributed by atoms with E-state index in [1.54, 1.807) is 16.3 Å². The topological polar surface area (TPSA) is 72.7 Å². The first kappa shape index (κ1) is 17.6. The Morgan fingerprint density at radius 2 is 2.04 bits per heavy atom. The molecule has 136 valence electrons. The third kappa shape index (κ3) is 3.67. The quantitative estimate of drug-likeness (QED) is 0.537. The van der Waals surface area contributed by atoms with Crippen LogP contribution in [-0.4, -0.2) is 25.7 Å². The number of para-hydroxylation sites is 1. The molecule has 4 aromatic rings. The summed E-state index contributed by atoms with van der Waals surface area (Å²) in [5, 5.41) is 10.3. The zero-order valence-corrected chi connectivity index (χ0v) is 16.5. The summed E-state index contributed by atoms with van der Waals surface area (Å²) in [6.07, 6.45) is 4.52. The van der Waals surface area contributed by atoms with Gasteiger partial charge in [0.2, 0.25) is 0 Å². The zero-order valence-electron chi connectivity index (χ0n) is 14.8. The van der Waals surface area contributed by atoms with Crippen molar-refractivity contribution in [1.82, 2.24) is 19.7 Å². The third-order valence-corrected chi connectivity index (χ3v) is 5.85. The second-order valence-electron chi connectivity index (χ2n) is 5.88. The SMILES string of the molecule is CCc1nc(NC(=O)c2csc(-c3cnn(-c4ccccc4)c3)n2)sc1C. The first-order valence-corrected chi connectivity index (χ1v) is 10.2. The molecule has 1 aromatic carbocycles. The van der Waals surface area contributed by atoms with Crippen LogP contribution >= 0.6 is 22.7 Å². The van der Waals surface area contributed by atoms with Crippen LogP contribution in [0.2, 0.25) is 0 Å². The number of hydrogen-bond donors (Lipinski definition) is 1. The minimum atomic E-state index is -0.246. The lowest BCUT2D eigenvalue weighted by atomic mass is 10.3. The Morgan fingerprint density at radius 1 is 1.22 bits per heavy atom. The number of amides is 1. The van der Waals surface area contributed by atoms with E-state index in [2.05, 4.69) is 27.3 Å². The van der Waals surface area contributed by atoms with Crippen molar-refractivity contribution in [3.8, 4) is 16.3 Å². The molecule has 0 aliphatic carbocycles. The summed E-state index contributed by atoms with van der Waals surface area (Å²) in [6, 6.07) is 9.86. The highest BCUT2D eigenvalue weighted by Crippen LogP contribution is 2.26. The first-order valence-electron chi connectivity index (χ1n) is 8.47. The molecule has 0 bridgehead atoms. The van der Waals surface area contributed by atoms with Crippen LogP contribution in [0.15, 0.2) is 48.1 Å². The molecule has 0 aliphatic rings. The minimum Gasteiger partial charge on any atom is -0.296 e. The first-order chi connectivity index (χ1) is 13.1. The maximum Gasteiger partial charge on any atom is 0.276 e. The van der Waals surface area contributed by atoms with Crippen molar-refractivity contribution >= 4 is 33.7 Å². The molecule has 0 saturated heterocycles. The Hall–Kier alpha value is -2.84. The molecule has 1 N–H and O–H groups in total. The molecule has 0 fully saturated rings. The molecule has 1 amide bonds. The van der Waals surface area contributed by atoms with Gasteiger partial charge in [-0.15, -0.1) is 22.7 Å². The lowest BCUT2D eigenvalue weighted by molar-refractivity contribution is 0.102. The Morgan fingerprint density at radius 3 is 2.78 bits per heavy atom. The molecule has 0 spiro atoms. The molecule has 3 aromatic heterocycles. The van der Waals surface area contributed by atoms with Crippen molar-refractivity contribution in [3.63, 3.8) is 0 Å². The van der Waals surface area contributed by atoms with E-state index in [1.807, 2.05) is 43.5 Å². The van der Waals surface area contributed by atoms with E-state index in [0.29, 0.717) is 10.8 Å². The van der Waals surface area contributed by atoms with E-state index in [1.165, 1.54) is 22.7 Å². The van der Waals surface area contributed by atoms with Crippen LogP contribution in [0.25, 0.3) is 16.3 Å². The van der Waals surface area contributed by atoms with Crippen molar-refractivity contribution in [3.05, 3.63) is 64.4 Å².